The van der Waals surface area contributed by atoms with Crippen molar-refractivity contribution in [2.75, 3.05) is 10.6 Å². The third-order valence-electron chi connectivity index (χ3n) is 3.63. The van der Waals surface area contributed by atoms with Crippen molar-refractivity contribution in [3.63, 3.8) is 0 Å². The maximum Gasteiger partial charge on any atom is 0.409 e. The smallest absolute Gasteiger partial charge is 0.409 e. The largest absolute Gasteiger partial charge is 0.465 e. The van der Waals surface area contributed by atoms with Crippen LogP contribution in [-0.4, -0.2) is 31.9 Å². The number of carbonyl (C=O) groups is 2. The number of aryl methyl sites for hydroxylation is 1. The summed E-state index contributed by atoms with van der Waals surface area (Å²) in [6, 6.07) is 8.12. The summed E-state index contributed by atoms with van der Waals surface area (Å²) in [5, 5.41) is 18.6. The number of halogens is 3. The van der Waals surface area contributed by atoms with Crippen LogP contribution in [0.5, 0.6) is 0 Å². The predicted octanol–water partition coefficient (Wildman–Crippen LogP) is 5.10. The van der Waals surface area contributed by atoms with Gasteiger partial charge in [-0.1, -0.05) is 27.5 Å². The Labute approximate surface area is 181 Å². The molecule has 2 aromatic heterocycles. The van der Waals surface area contributed by atoms with E-state index in [4.69, 9.17) is 16.7 Å². The van der Waals surface area contributed by atoms with Crippen molar-refractivity contribution in [3.8, 4) is 5.82 Å². The minimum Gasteiger partial charge on any atom is -0.465 e. The highest BCUT2D eigenvalue weighted by atomic mass is 79.9. The van der Waals surface area contributed by atoms with E-state index in [9.17, 15) is 9.59 Å². The summed E-state index contributed by atoms with van der Waals surface area (Å²) in [6.45, 7) is 1.75. The summed E-state index contributed by atoms with van der Waals surface area (Å²) in [7, 11) is 0. The Morgan fingerprint density at radius 1 is 1.21 bits per heavy atom. The van der Waals surface area contributed by atoms with Crippen LogP contribution in [0.1, 0.15) is 16.1 Å². The Morgan fingerprint density at radius 2 is 1.96 bits per heavy atom. The molecule has 0 unspecified atom stereocenters. The lowest BCUT2D eigenvalue weighted by molar-refractivity contribution is 0.101. The summed E-state index contributed by atoms with van der Waals surface area (Å²) >= 11 is 12.7. The number of benzene rings is 1. The number of anilines is 2. The highest BCUT2D eigenvalue weighted by molar-refractivity contribution is 9.10. The Hall–Kier alpha value is -2.43. The first-order valence-electron chi connectivity index (χ1n) is 7.74. The third-order valence-corrected chi connectivity index (χ3v) is 4.77. The molecule has 0 aliphatic rings. The van der Waals surface area contributed by atoms with Gasteiger partial charge >= 0.3 is 6.09 Å². The normalized spacial score (nSPS) is 10.6. The van der Waals surface area contributed by atoms with Gasteiger partial charge in [0.15, 0.2) is 5.82 Å². The second-order valence-corrected chi connectivity index (χ2v) is 7.74. The van der Waals surface area contributed by atoms with Gasteiger partial charge in [-0.2, -0.15) is 5.10 Å². The quantitative estimate of drug-likeness (QED) is 0.436. The van der Waals surface area contributed by atoms with E-state index in [1.807, 2.05) is 0 Å². The molecule has 0 saturated carbocycles. The molecule has 1 aromatic carbocycles. The van der Waals surface area contributed by atoms with Gasteiger partial charge < -0.3 is 10.4 Å². The van der Waals surface area contributed by atoms with E-state index in [2.05, 4.69) is 52.6 Å². The summed E-state index contributed by atoms with van der Waals surface area (Å²) in [4.78, 5) is 28.2. The minimum absolute atomic E-state index is 0.163. The molecule has 11 heteroatoms. The van der Waals surface area contributed by atoms with E-state index in [1.54, 1.807) is 31.2 Å². The molecule has 2 heterocycles. The van der Waals surface area contributed by atoms with Gasteiger partial charge in [-0.25, -0.2) is 14.5 Å². The number of aromatic nitrogens is 3. The van der Waals surface area contributed by atoms with Crippen LogP contribution in [0.25, 0.3) is 5.82 Å². The van der Waals surface area contributed by atoms with Gasteiger partial charge in [0.25, 0.3) is 5.91 Å². The fourth-order valence-corrected chi connectivity index (χ4v) is 3.66. The number of hydrogen-bond acceptors (Lipinski definition) is 4. The molecule has 0 fully saturated rings. The second-order valence-electron chi connectivity index (χ2n) is 5.60. The van der Waals surface area contributed by atoms with Crippen LogP contribution in [0.3, 0.4) is 0 Å². The maximum atomic E-state index is 13.0. The molecule has 8 nitrogen and oxygen atoms in total. The molecule has 0 spiro atoms. The molecule has 28 heavy (non-hydrogen) atoms. The summed E-state index contributed by atoms with van der Waals surface area (Å²) in [6.07, 6.45) is 0.285. The highest BCUT2D eigenvalue weighted by Gasteiger charge is 2.21. The lowest BCUT2D eigenvalue weighted by Crippen LogP contribution is -2.20. The number of carboxylic acid groups (broad SMARTS) is 1. The van der Waals surface area contributed by atoms with Crippen LogP contribution < -0.4 is 10.6 Å². The molecule has 2 amide bonds. The first-order valence-corrected chi connectivity index (χ1v) is 9.70. The number of rotatable bonds is 4. The Balaban J connectivity index is 2.02. The molecule has 3 aromatic rings. The van der Waals surface area contributed by atoms with E-state index in [-0.39, 0.29) is 17.2 Å². The topological polar surface area (TPSA) is 109 Å². The number of pyridine rings is 1. The number of hydrogen-bond donors (Lipinski definition) is 3. The second kappa shape index (κ2) is 8.29. The molecule has 144 valence electrons. The molecular weight excluding hydrogens is 517 g/mol. The van der Waals surface area contributed by atoms with Crippen molar-refractivity contribution >= 4 is 66.8 Å². The van der Waals surface area contributed by atoms with Gasteiger partial charge in [0, 0.05) is 16.7 Å². The summed E-state index contributed by atoms with van der Waals surface area (Å²) < 4.78 is 2.39. The number of nitrogens with one attached hydrogen (secondary N) is 2. The molecule has 0 atom stereocenters. The van der Waals surface area contributed by atoms with Gasteiger partial charge in [-0.05, 0) is 52.7 Å². The Bertz CT molecular complexity index is 1090. The van der Waals surface area contributed by atoms with Gasteiger partial charge in [0.1, 0.15) is 10.3 Å². The minimum atomic E-state index is -1.25. The Morgan fingerprint density at radius 3 is 2.64 bits per heavy atom. The zero-order valence-corrected chi connectivity index (χ0v) is 18.1. The molecule has 3 rings (SSSR count). The van der Waals surface area contributed by atoms with E-state index in [0.717, 1.165) is 0 Å². The van der Waals surface area contributed by atoms with Gasteiger partial charge in [-0.15, -0.1) is 0 Å². The average Bonchev–Trinajstić information content (AvgIpc) is 2.99. The zero-order valence-electron chi connectivity index (χ0n) is 14.2. The lowest BCUT2D eigenvalue weighted by atomic mass is 10.1. The summed E-state index contributed by atoms with van der Waals surface area (Å²) in [5.41, 5.74) is 1.38. The van der Waals surface area contributed by atoms with Crippen LogP contribution in [0, 0.1) is 6.92 Å². The van der Waals surface area contributed by atoms with Crippen LogP contribution in [0.2, 0.25) is 5.02 Å². The molecule has 3 N–H and O–H groups in total. The number of carbonyl (C=O) groups excluding carboxylic acids is 1. The van der Waals surface area contributed by atoms with Crippen molar-refractivity contribution in [3.05, 3.63) is 61.9 Å². The van der Waals surface area contributed by atoms with Crippen molar-refractivity contribution in [1.29, 1.82) is 0 Å². The maximum absolute atomic E-state index is 13.0. The van der Waals surface area contributed by atoms with Gasteiger partial charge in [-0.3, -0.25) is 10.1 Å². The fourth-order valence-electron chi connectivity index (χ4n) is 2.51. The SMILES string of the molecule is Cc1cc(Br)cc(NC(=O)O)c1NC(=O)c1cc(Br)nn1-c1ncccc1Cl. The van der Waals surface area contributed by atoms with Gasteiger partial charge in [0.2, 0.25) is 0 Å². The third kappa shape index (κ3) is 4.34. The summed E-state index contributed by atoms with van der Waals surface area (Å²) in [5.74, 6) is -0.227. The number of amides is 2. The molecule has 0 saturated heterocycles. The lowest BCUT2D eigenvalue weighted by Gasteiger charge is -2.15. The van der Waals surface area contributed by atoms with Crippen molar-refractivity contribution in [1.82, 2.24) is 14.8 Å². The van der Waals surface area contributed by atoms with E-state index < -0.39 is 12.0 Å². The average molecular weight is 530 g/mol. The van der Waals surface area contributed by atoms with Gasteiger partial charge in [0.05, 0.1) is 16.4 Å². The molecular formula is C17H12Br2ClN5O3. The zero-order chi connectivity index (χ0) is 20.4. The van der Waals surface area contributed by atoms with Crippen LogP contribution >= 0.6 is 43.5 Å². The first-order chi connectivity index (χ1) is 13.3. The van der Waals surface area contributed by atoms with Crippen molar-refractivity contribution in [2.24, 2.45) is 0 Å². The highest BCUT2D eigenvalue weighted by Crippen LogP contribution is 2.31. The first kappa shape index (κ1) is 20.3. The molecule has 0 radical (unpaired) electrons. The van der Waals surface area contributed by atoms with Crippen molar-refractivity contribution in [2.45, 2.75) is 6.92 Å². The molecule has 0 aliphatic carbocycles. The molecule has 0 bridgehead atoms. The van der Waals surface area contributed by atoms with Crippen molar-refractivity contribution < 1.29 is 14.7 Å². The van der Waals surface area contributed by atoms with E-state index in [1.165, 1.54) is 16.9 Å². The van der Waals surface area contributed by atoms with E-state index >= 15 is 0 Å². The fraction of sp³-hybridized carbons (Fsp3) is 0.0588. The predicted molar refractivity (Wildman–Crippen MR) is 113 cm³/mol. The van der Waals surface area contributed by atoms with Crippen LogP contribution in [0.4, 0.5) is 16.2 Å². The monoisotopic (exact) mass is 527 g/mol. The Kier molecular flexibility index (Phi) is 6.01. The van der Waals surface area contributed by atoms with Crippen LogP contribution in [-0.2, 0) is 0 Å². The van der Waals surface area contributed by atoms with E-state index in [0.29, 0.717) is 25.3 Å². The molecule has 0 aliphatic heterocycles. The standard InChI is InChI=1S/C17H12Br2ClN5O3/c1-8-5-9(18)6-11(22-17(27)28)14(8)23-16(26)12-7-13(19)24-25(12)15-10(20)3-2-4-21-15/h2-7,22H,1H3,(H,23,26)(H,27,28). The van der Waals surface area contributed by atoms with Crippen LogP contribution in [0.15, 0.2) is 45.6 Å². The number of nitrogens with zero attached hydrogens (tertiary/aromatic N) is 3.